The zero-order valence-electron chi connectivity index (χ0n) is 4.81. The van der Waals surface area contributed by atoms with Gasteiger partial charge in [0, 0.05) is 55.8 Å². The maximum absolute atomic E-state index is 8.73. The topological polar surface area (TPSA) is 179 Å². The molecule has 0 aromatic rings. The van der Waals surface area contributed by atoms with Gasteiger partial charge in [-0.3, -0.25) is 20.6 Å². The quantitative estimate of drug-likeness (QED) is 0.233. The molecule has 0 aliphatic rings. The first-order chi connectivity index (χ1) is 4.00. The Morgan fingerprint density at radius 2 is 0.636 bits per heavy atom. The first-order valence-corrected chi connectivity index (χ1v) is 8.48. The molecule has 0 unspecified atom stereocenters. The smallest absolute Gasteiger partial charge is 0.256 e. The van der Waals surface area contributed by atoms with E-state index in [4.69, 9.17) is 27.5 Å². The van der Waals surface area contributed by atoms with E-state index in [0.717, 1.165) is 0 Å². The van der Waals surface area contributed by atoms with Crippen LogP contribution in [-0.4, -0.2) is 55.8 Å². The molecule has 2 N–H and O–H groups in total. The summed E-state index contributed by atoms with van der Waals surface area (Å²) in [6, 6.07) is 0. The molecular weight excluding hydrogens is 519 g/mol. The minimum absolute atomic E-state index is 0. The Labute approximate surface area is 114 Å². The number of hydrogen-bond acceptors (Lipinski definition) is 8. The molecule has 0 spiro atoms. The average molecular weight is 521 g/mol. The van der Waals surface area contributed by atoms with Crippen LogP contribution in [0.3, 0.4) is 0 Å². The van der Waals surface area contributed by atoms with Crippen molar-refractivity contribution in [3.05, 3.63) is 0 Å². The summed E-state index contributed by atoms with van der Waals surface area (Å²) in [7, 11) is 0. The summed E-state index contributed by atoms with van der Waals surface area (Å²) in [5.74, 6) is 0. The van der Waals surface area contributed by atoms with E-state index in [2.05, 4.69) is 0 Å². The van der Waals surface area contributed by atoms with Crippen LogP contribution >= 0.6 is 0 Å². The van der Waals surface area contributed by atoms with E-state index in [9.17, 15) is 0 Å². The van der Waals surface area contributed by atoms with Crippen molar-refractivity contribution in [1.82, 2.24) is 0 Å². The summed E-state index contributed by atoms with van der Waals surface area (Å²) in [5, 5.41) is 0. The van der Waals surface area contributed by atoms with E-state index < -0.39 is 40.2 Å². The third-order valence-electron chi connectivity index (χ3n) is 0. The van der Waals surface area contributed by atoms with Gasteiger partial charge in [-0.05, 0) is 0 Å². The Morgan fingerprint density at radius 1 is 0.636 bits per heavy atom. The Kier molecular flexibility index (Phi) is 14.1. The van der Waals surface area contributed by atoms with Gasteiger partial charge >= 0.3 is 40.2 Å². The molecule has 0 saturated heterocycles. The monoisotopic (exact) mass is 522 g/mol. The molecule has 11 heavy (non-hydrogen) atoms. The van der Waals surface area contributed by atoms with Gasteiger partial charge in [-0.25, -0.2) is 0 Å². The third kappa shape index (κ3) is 198. The van der Waals surface area contributed by atoms with Crippen LogP contribution in [0.1, 0.15) is 0 Å². The SMILES string of the molecule is [Ba].[O-][I+3]([O-])([O-])O.[O-][I+3]([O-])([O-])O. The first kappa shape index (κ1) is 19.3. The van der Waals surface area contributed by atoms with Gasteiger partial charge in [0.05, 0.1) is 0 Å². The average Bonchev–Trinajstić information content (AvgIpc) is 1.12. The van der Waals surface area contributed by atoms with Crippen LogP contribution in [0.2, 0.25) is 0 Å². The molecule has 0 bridgehead atoms. The van der Waals surface area contributed by atoms with Crippen LogP contribution in [0.4, 0.5) is 0 Å². The van der Waals surface area contributed by atoms with Crippen molar-refractivity contribution < 1.29 is 67.7 Å². The fourth-order valence-electron chi connectivity index (χ4n) is 0. The molecule has 0 aliphatic carbocycles. The predicted molar refractivity (Wildman–Crippen MR) is 10.2 cm³/mol. The van der Waals surface area contributed by atoms with E-state index in [-0.39, 0.29) is 48.9 Å². The number of rotatable bonds is 0. The normalized spacial score (nSPS) is 10.9. The molecule has 0 aromatic carbocycles. The van der Waals surface area contributed by atoms with Crippen molar-refractivity contribution in [2.45, 2.75) is 0 Å². The van der Waals surface area contributed by atoms with Crippen molar-refractivity contribution in [3.63, 3.8) is 0 Å². The molecule has 8 nitrogen and oxygen atoms in total. The van der Waals surface area contributed by atoms with Crippen molar-refractivity contribution in [2.75, 3.05) is 0 Å². The molecule has 0 fully saturated rings. The Bertz CT molecular complexity index is 55.1. The number of hydrogen-bond donors (Lipinski definition) is 2. The van der Waals surface area contributed by atoms with Crippen molar-refractivity contribution in [2.24, 2.45) is 0 Å². The van der Waals surface area contributed by atoms with Crippen molar-refractivity contribution >= 4 is 48.9 Å². The largest absolute Gasteiger partial charge is 0.368 e. The number of halogens is 2. The van der Waals surface area contributed by atoms with Gasteiger partial charge < -0.3 is 0 Å². The van der Waals surface area contributed by atoms with Gasteiger partial charge in [0.25, 0.3) is 0 Å². The predicted octanol–water partition coefficient (Wildman–Crippen LogP) is -14.6. The fourth-order valence-corrected chi connectivity index (χ4v) is 0. The van der Waals surface area contributed by atoms with Gasteiger partial charge in [-0.2, -0.15) is 0 Å². The third-order valence-corrected chi connectivity index (χ3v) is 0. The zero-order valence-corrected chi connectivity index (χ0v) is 13.6. The van der Waals surface area contributed by atoms with Crippen LogP contribution < -0.4 is 60.8 Å². The molecule has 11 heteroatoms. The maximum Gasteiger partial charge on any atom is 0.368 e. The summed E-state index contributed by atoms with van der Waals surface area (Å²) in [6.07, 6.45) is 0. The molecule has 0 heterocycles. The molecule has 0 saturated carbocycles. The molecule has 2 radical (unpaired) electrons. The minimum Gasteiger partial charge on any atom is -0.256 e. The van der Waals surface area contributed by atoms with Crippen LogP contribution in [-0.2, 0) is 0 Å². The fraction of sp³-hybridized carbons (Fsp3) is 0. The van der Waals surface area contributed by atoms with E-state index >= 15 is 0 Å². The van der Waals surface area contributed by atoms with Gasteiger partial charge in [0.15, 0.2) is 0 Å². The van der Waals surface area contributed by atoms with Crippen molar-refractivity contribution in [3.8, 4) is 0 Å². The molecule has 0 aromatic heterocycles. The summed E-state index contributed by atoms with van der Waals surface area (Å²) in [4.78, 5) is 0. The minimum atomic E-state index is -5.69. The second-order valence-electron chi connectivity index (χ2n) is 0.792. The standard InChI is InChI=1S/Ba.2HIO4/c;2*2-1(3,4)5/h;2*2H. The Hall–Kier alpha value is 2.71. The summed E-state index contributed by atoms with van der Waals surface area (Å²) < 4.78 is 66.4. The Morgan fingerprint density at radius 3 is 0.636 bits per heavy atom. The van der Waals surface area contributed by atoms with Gasteiger partial charge in [0.2, 0.25) is 0 Å². The van der Waals surface area contributed by atoms with E-state index in [1.807, 2.05) is 0 Å². The molecule has 0 rings (SSSR count). The maximum atomic E-state index is 8.73. The second-order valence-corrected chi connectivity index (χ2v) is 5.31. The molecule has 0 amide bonds. The van der Waals surface area contributed by atoms with E-state index in [1.54, 1.807) is 0 Å². The summed E-state index contributed by atoms with van der Waals surface area (Å²) in [5.41, 5.74) is 0. The van der Waals surface area contributed by atoms with Gasteiger partial charge in [0.1, 0.15) is 0 Å². The molecular formula is H2BaI2O8. The molecule has 66 valence electrons. The van der Waals surface area contributed by atoms with Crippen LogP contribution in [0.5, 0.6) is 0 Å². The first-order valence-electron chi connectivity index (χ1n) is 1.26. The summed E-state index contributed by atoms with van der Waals surface area (Å²) >= 11 is -11.4. The van der Waals surface area contributed by atoms with E-state index in [0.29, 0.717) is 0 Å². The Balaban J connectivity index is -0.000000107. The van der Waals surface area contributed by atoms with Crippen LogP contribution in [0, 0.1) is 0 Å². The van der Waals surface area contributed by atoms with Gasteiger partial charge in [-0.15, -0.1) is 0 Å². The van der Waals surface area contributed by atoms with Crippen molar-refractivity contribution in [1.29, 1.82) is 0 Å². The second kappa shape index (κ2) is 8.06. The molecule has 0 aliphatic heterocycles. The summed E-state index contributed by atoms with van der Waals surface area (Å²) in [6.45, 7) is 0. The van der Waals surface area contributed by atoms with Gasteiger partial charge in [-0.1, -0.05) is 0 Å². The van der Waals surface area contributed by atoms with Crippen LogP contribution in [0.25, 0.3) is 0 Å². The van der Waals surface area contributed by atoms with E-state index in [1.165, 1.54) is 0 Å². The van der Waals surface area contributed by atoms with Crippen LogP contribution in [0.15, 0.2) is 0 Å². The zero-order chi connectivity index (χ0) is 9.00. The molecule has 0 atom stereocenters.